The number of hydrogen-bond acceptors (Lipinski definition) is 5. The minimum atomic E-state index is 0.385. The maximum atomic E-state index is 8.82. The number of nitriles is 1. The SMILES string of the molecule is CCCN(c1cnc(C#N)cn1)C1CC2CCC(C1)N2. The predicted octanol–water partition coefficient (Wildman–Crippen LogP) is 1.85. The van der Waals surface area contributed by atoms with Crippen molar-refractivity contribution < 1.29 is 0 Å². The van der Waals surface area contributed by atoms with Gasteiger partial charge >= 0.3 is 0 Å². The van der Waals surface area contributed by atoms with Gasteiger partial charge in [0.2, 0.25) is 0 Å². The molecule has 2 fully saturated rings. The molecule has 2 saturated heterocycles. The summed E-state index contributed by atoms with van der Waals surface area (Å²) in [6, 6.07) is 3.92. The van der Waals surface area contributed by atoms with E-state index in [1.165, 1.54) is 25.7 Å². The van der Waals surface area contributed by atoms with E-state index in [0.29, 0.717) is 23.8 Å². The number of nitrogens with one attached hydrogen (secondary N) is 1. The Morgan fingerprint density at radius 3 is 2.60 bits per heavy atom. The molecular weight excluding hydrogens is 250 g/mol. The van der Waals surface area contributed by atoms with E-state index in [-0.39, 0.29) is 0 Å². The summed E-state index contributed by atoms with van der Waals surface area (Å²) in [4.78, 5) is 11.0. The summed E-state index contributed by atoms with van der Waals surface area (Å²) in [6.07, 6.45) is 9.42. The van der Waals surface area contributed by atoms with Crippen LogP contribution in [0.5, 0.6) is 0 Å². The normalized spacial score (nSPS) is 28.1. The van der Waals surface area contributed by atoms with E-state index in [4.69, 9.17) is 5.26 Å². The van der Waals surface area contributed by atoms with Crippen LogP contribution in [0, 0.1) is 11.3 Å². The molecular formula is C15H21N5. The maximum absolute atomic E-state index is 8.82. The highest BCUT2D eigenvalue weighted by atomic mass is 15.2. The molecule has 106 valence electrons. The molecule has 5 heteroatoms. The van der Waals surface area contributed by atoms with Gasteiger partial charge < -0.3 is 10.2 Å². The molecule has 0 amide bonds. The average Bonchev–Trinajstić information content (AvgIpc) is 2.83. The van der Waals surface area contributed by atoms with Gasteiger partial charge in [0, 0.05) is 24.7 Å². The lowest BCUT2D eigenvalue weighted by Crippen LogP contribution is -2.49. The molecule has 2 aliphatic rings. The highest BCUT2D eigenvalue weighted by Gasteiger charge is 2.36. The van der Waals surface area contributed by atoms with Gasteiger partial charge in [-0.2, -0.15) is 5.26 Å². The first kappa shape index (κ1) is 13.3. The third-order valence-electron chi connectivity index (χ3n) is 4.40. The lowest BCUT2D eigenvalue weighted by molar-refractivity contribution is 0.345. The van der Waals surface area contributed by atoms with Crippen LogP contribution in [-0.2, 0) is 0 Å². The average molecular weight is 271 g/mol. The molecule has 1 aromatic rings. The van der Waals surface area contributed by atoms with E-state index in [0.717, 1.165) is 18.8 Å². The fraction of sp³-hybridized carbons (Fsp3) is 0.667. The largest absolute Gasteiger partial charge is 0.352 e. The molecule has 2 atom stereocenters. The Morgan fingerprint density at radius 2 is 2.05 bits per heavy atom. The quantitative estimate of drug-likeness (QED) is 0.905. The minimum Gasteiger partial charge on any atom is -0.352 e. The Hall–Kier alpha value is -1.67. The van der Waals surface area contributed by atoms with Crippen LogP contribution in [0.4, 0.5) is 5.82 Å². The summed E-state index contributed by atoms with van der Waals surface area (Å²) >= 11 is 0. The van der Waals surface area contributed by atoms with Crippen LogP contribution < -0.4 is 10.2 Å². The lowest BCUT2D eigenvalue weighted by Gasteiger charge is -2.38. The number of nitrogens with zero attached hydrogens (tertiary/aromatic N) is 4. The number of rotatable bonds is 4. The zero-order chi connectivity index (χ0) is 13.9. The van der Waals surface area contributed by atoms with Crippen molar-refractivity contribution in [3.8, 4) is 6.07 Å². The molecule has 20 heavy (non-hydrogen) atoms. The first-order valence-corrected chi connectivity index (χ1v) is 7.55. The molecule has 1 N–H and O–H groups in total. The number of aromatic nitrogens is 2. The van der Waals surface area contributed by atoms with Crippen molar-refractivity contribution in [2.75, 3.05) is 11.4 Å². The van der Waals surface area contributed by atoms with Crippen LogP contribution in [0.25, 0.3) is 0 Å². The van der Waals surface area contributed by atoms with Crippen molar-refractivity contribution in [1.29, 1.82) is 5.26 Å². The molecule has 0 spiro atoms. The van der Waals surface area contributed by atoms with Crippen LogP contribution in [0.3, 0.4) is 0 Å². The van der Waals surface area contributed by atoms with Gasteiger partial charge in [-0.1, -0.05) is 6.92 Å². The molecule has 2 bridgehead atoms. The van der Waals surface area contributed by atoms with Gasteiger partial charge in [0.05, 0.1) is 12.4 Å². The monoisotopic (exact) mass is 271 g/mol. The Balaban J connectivity index is 1.79. The molecule has 5 nitrogen and oxygen atoms in total. The zero-order valence-electron chi connectivity index (χ0n) is 11.9. The number of piperidine rings is 1. The predicted molar refractivity (Wildman–Crippen MR) is 77.4 cm³/mol. The molecule has 0 radical (unpaired) electrons. The second kappa shape index (κ2) is 5.76. The smallest absolute Gasteiger partial charge is 0.158 e. The molecule has 3 heterocycles. The summed E-state index contributed by atoms with van der Waals surface area (Å²) in [5.41, 5.74) is 0.385. The van der Waals surface area contributed by atoms with Gasteiger partial charge in [0.1, 0.15) is 11.9 Å². The van der Waals surface area contributed by atoms with Gasteiger partial charge in [-0.25, -0.2) is 9.97 Å². The van der Waals surface area contributed by atoms with E-state index >= 15 is 0 Å². The van der Waals surface area contributed by atoms with Gasteiger partial charge in [-0.15, -0.1) is 0 Å². The first-order valence-electron chi connectivity index (χ1n) is 7.55. The third kappa shape index (κ3) is 2.61. The summed E-state index contributed by atoms with van der Waals surface area (Å²) < 4.78 is 0. The molecule has 0 aromatic carbocycles. The Morgan fingerprint density at radius 1 is 1.30 bits per heavy atom. The van der Waals surface area contributed by atoms with Crippen LogP contribution in [0.1, 0.15) is 44.7 Å². The zero-order valence-corrected chi connectivity index (χ0v) is 11.9. The van der Waals surface area contributed by atoms with Crippen molar-refractivity contribution in [2.45, 2.75) is 57.2 Å². The van der Waals surface area contributed by atoms with Crippen molar-refractivity contribution in [3.63, 3.8) is 0 Å². The van der Waals surface area contributed by atoms with E-state index in [9.17, 15) is 0 Å². The van der Waals surface area contributed by atoms with Crippen molar-refractivity contribution in [1.82, 2.24) is 15.3 Å². The molecule has 1 aromatic heterocycles. The van der Waals surface area contributed by atoms with Gasteiger partial charge in [0.25, 0.3) is 0 Å². The van der Waals surface area contributed by atoms with E-state index in [1.54, 1.807) is 12.4 Å². The minimum absolute atomic E-state index is 0.385. The van der Waals surface area contributed by atoms with Gasteiger partial charge in [0.15, 0.2) is 5.69 Å². The summed E-state index contributed by atoms with van der Waals surface area (Å²) in [7, 11) is 0. The molecule has 0 aliphatic carbocycles. The van der Waals surface area contributed by atoms with Crippen LogP contribution in [-0.4, -0.2) is 34.6 Å². The van der Waals surface area contributed by atoms with Crippen LogP contribution >= 0.6 is 0 Å². The highest BCUT2D eigenvalue weighted by molar-refractivity contribution is 5.39. The standard InChI is InChI=1S/C15H21N5/c1-2-5-20(15-10-17-13(8-16)9-18-15)14-6-11-3-4-12(7-14)19-11/h9-12,14,19H,2-7H2,1H3. The topological polar surface area (TPSA) is 64.8 Å². The summed E-state index contributed by atoms with van der Waals surface area (Å²) in [5.74, 6) is 0.914. The Bertz CT molecular complexity index is 480. The maximum Gasteiger partial charge on any atom is 0.158 e. The molecule has 0 saturated carbocycles. The molecule has 2 aliphatic heterocycles. The van der Waals surface area contributed by atoms with Crippen molar-refractivity contribution in [3.05, 3.63) is 18.1 Å². The van der Waals surface area contributed by atoms with Crippen molar-refractivity contribution >= 4 is 5.82 Å². The van der Waals surface area contributed by atoms with E-state index in [2.05, 4.69) is 27.1 Å². The second-order valence-corrected chi connectivity index (χ2v) is 5.83. The van der Waals surface area contributed by atoms with Gasteiger partial charge in [-0.05, 0) is 32.1 Å². The first-order chi connectivity index (χ1) is 9.80. The molecule has 3 rings (SSSR count). The van der Waals surface area contributed by atoms with Crippen LogP contribution in [0.15, 0.2) is 12.4 Å². The fourth-order valence-electron chi connectivity index (χ4n) is 3.53. The lowest BCUT2D eigenvalue weighted by atomic mass is 9.98. The highest BCUT2D eigenvalue weighted by Crippen LogP contribution is 2.31. The number of hydrogen-bond donors (Lipinski definition) is 1. The number of anilines is 1. The number of fused-ring (bicyclic) bond motifs is 2. The Labute approximate surface area is 120 Å². The van der Waals surface area contributed by atoms with Crippen LogP contribution in [0.2, 0.25) is 0 Å². The summed E-state index contributed by atoms with van der Waals surface area (Å²) in [5, 5.41) is 12.5. The second-order valence-electron chi connectivity index (χ2n) is 5.83. The Kier molecular flexibility index (Phi) is 3.83. The van der Waals surface area contributed by atoms with E-state index in [1.807, 2.05) is 6.07 Å². The fourth-order valence-corrected chi connectivity index (χ4v) is 3.53. The summed E-state index contributed by atoms with van der Waals surface area (Å²) in [6.45, 7) is 3.20. The molecule has 2 unspecified atom stereocenters. The van der Waals surface area contributed by atoms with E-state index < -0.39 is 0 Å². The van der Waals surface area contributed by atoms with Crippen molar-refractivity contribution in [2.24, 2.45) is 0 Å². The van der Waals surface area contributed by atoms with Gasteiger partial charge in [-0.3, -0.25) is 0 Å². The third-order valence-corrected chi connectivity index (χ3v) is 4.40.